The second-order valence-corrected chi connectivity index (χ2v) is 2.84. The van der Waals surface area contributed by atoms with Crippen LogP contribution < -0.4 is 5.32 Å². The maximum atomic E-state index is 12.5. The first-order valence-electron chi connectivity index (χ1n) is 4.59. The van der Waals surface area contributed by atoms with Gasteiger partial charge in [0.2, 0.25) is 0 Å². The summed E-state index contributed by atoms with van der Waals surface area (Å²) in [6.45, 7) is 8.39. The van der Waals surface area contributed by atoms with E-state index in [2.05, 4.69) is 18.8 Å². The highest BCUT2D eigenvalue weighted by molar-refractivity contribution is 5.10. The van der Waals surface area contributed by atoms with Crippen molar-refractivity contribution in [3.63, 3.8) is 0 Å². The summed E-state index contributed by atoms with van der Waals surface area (Å²) >= 11 is 0. The zero-order chi connectivity index (χ0) is 10.1. The minimum Gasteiger partial charge on any atom is -0.389 e. The smallest absolute Gasteiger partial charge is 0.118 e. The van der Waals surface area contributed by atoms with E-state index >= 15 is 0 Å². The Bertz CT molecular complexity index is 204. The minimum atomic E-state index is -0.264. The lowest BCUT2D eigenvalue weighted by Crippen LogP contribution is -2.11. The molecule has 0 aliphatic heterocycles. The van der Waals surface area contributed by atoms with Gasteiger partial charge < -0.3 is 5.32 Å². The Morgan fingerprint density at radius 1 is 1.46 bits per heavy atom. The van der Waals surface area contributed by atoms with Crippen molar-refractivity contribution in [3.05, 3.63) is 36.3 Å². The van der Waals surface area contributed by atoms with Crippen LogP contribution in [0, 0.1) is 0 Å². The average Bonchev–Trinajstić information content (AvgIpc) is 2.14. The third kappa shape index (κ3) is 7.32. The maximum Gasteiger partial charge on any atom is 0.118 e. The highest BCUT2D eigenvalue weighted by Crippen LogP contribution is 2.00. The zero-order valence-electron chi connectivity index (χ0n) is 8.44. The fraction of sp³-hybridized carbons (Fsp3) is 0.455. The average molecular weight is 183 g/mol. The molecule has 0 rings (SSSR count). The molecule has 0 saturated heterocycles. The molecule has 0 spiro atoms. The predicted molar refractivity (Wildman–Crippen MR) is 56.1 cm³/mol. The first-order valence-corrected chi connectivity index (χ1v) is 4.59. The molecule has 0 aromatic rings. The highest BCUT2D eigenvalue weighted by atomic mass is 19.1. The monoisotopic (exact) mass is 183 g/mol. The molecule has 0 atom stereocenters. The van der Waals surface area contributed by atoms with Crippen molar-refractivity contribution in [1.29, 1.82) is 0 Å². The van der Waals surface area contributed by atoms with E-state index in [1.54, 1.807) is 0 Å². The highest BCUT2D eigenvalue weighted by Gasteiger charge is 1.86. The molecule has 0 radical (unpaired) electrons. The Labute approximate surface area is 80.0 Å². The second kappa shape index (κ2) is 7.59. The van der Waals surface area contributed by atoms with Gasteiger partial charge in [-0.05, 0) is 31.9 Å². The van der Waals surface area contributed by atoms with E-state index in [-0.39, 0.29) is 5.83 Å². The first kappa shape index (κ1) is 11.9. The van der Waals surface area contributed by atoms with E-state index in [1.807, 2.05) is 13.0 Å². The summed E-state index contributed by atoms with van der Waals surface area (Å²) in [6, 6.07) is 0. The summed E-state index contributed by atoms with van der Waals surface area (Å²) in [5, 5.41) is 3.21. The fourth-order valence-electron chi connectivity index (χ4n) is 0.826. The van der Waals surface area contributed by atoms with Crippen LogP contribution in [0.1, 0.15) is 26.7 Å². The molecule has 13 heavy (non-hydrogen) atoms. The molecule has 0 bridgehead atoms. The van der Waals surface area contributed by atoms with E-state index in [0.29, 0.717) is 6.42 Å². The van der Waals surface area contributed by atoms with Gasteiger partial charge in [-0.2, -0.15) is 0 Å². The van der Waals surface area contributed by atoms with Crippen molar-refractivity contribution in [2.24, 2.45) is 0 Å². The predicted octanol–water partition coefficient (Wildman–Crippen LogP) is 3.32. The van der Waals surface area contributed by atoms with Crippen LogP contribution in [0.25, 0.3) is 0 Å². The number of halogens is 1. The molecule has 0 unspecified atom stereocenters. The molecule has 1 nitrogen and oxygen atoms in total. The van der Waals surface area contributed by atoms with Crippen molar-refractivity contribution in [1.82, 2.24) is 5.32 Å². The number of allylic oxidation sites excluding steroid dienone is 5. The van der Waals surface area contributed by atoms with Gasteiger partial charge in [0.15, 0.2) is 0 Å². The third-order valence-electron chi connectivity index (χ3n) is 1.59. The normalized spacial score (nSPS) is 12.8. The van der Waals surface area contributed by atoms with Gasteiger partial charge >= 0.3 is 0 Å². The van der Waals surface area contributed by atoms with Crippen LogP contribution in [0.3, 0.4) is 0 Å². The van der Waals surface area contributed by atoms with Crippen LogP contribution in [0.2, 0.25) is 0 Å². The number of hydrogen-bond donors (Lipinski definition) is 1. The Hall–Kier alpha value is -1.05. The SMILES string of the molecule is C=C/C(F)=C\C/C=C(\C)NCCC. The van der Waals surface area contributed by atoms with E-state index < -0.39 is 0 Å². The standard InChI is InChI=1S/C11H18FN/c1-4-9-13-10(3)7-6-8-11(12)5-2/h5,7-8,13H,2,4,6,9H2,1,3H3/b10-7+,11-8+. The molecule has 0 aliphatic rings. The van der Waals surface area contributed by atoms with Gasteiger partial charge in [0, 0.05) is 12.2 Å². The lowest BCUT2D eigenvalue weighted by Gasteiger charge is -2.02. The van der Waals surface area contributed by atoms with Crippen LogP contribution in [0.5, 0.6) is 0 Å². The van der Waals surface area contributed by atoms with Gasteiger partial charge in [0.25, 0.3) is 0 Å². The summed E-state index contributed by atoms with van der Waals surface area (Å²) in [7, 11) is 0. The maximum absolute atomic E-state index is 12.5. The quantitative estimate of drug-likeness (QED) is 0.623. The largest absolute Gasteiger partial charge is 0.389 e. The number of rotatable bonds is 6. The molecule has 0 fully saturated rings. The van der Waals surface area contributed by atoms with Crippen LogP contribution in [-0.4, -0.2) is 6.54 Å². The third-order valence-corrected chi connectivity index (χ3v) is 1.59. The first-order chi connectivity index (χ1) is 6.20. The molecule has 0 aromatic carbocycles. The Morgan fingerprint density at radius 3 is 2.69 bits per heavy atom. The van der Waals surface area contributed by atoms with Gasteiger partial charge in [-0.15, -0.1) is 0 Å². The summed E-state index contributed by atoms with van der Waals surface area (Å²) in [4.78, 5) is 0. The molecular formula is C11H18FN. The van der Waals surface area contributed by atoms with Crippen molar-refractivity contribution in [3.8, 4) is 0 Å². The van der Waals surface area contributed by atoms with E-state index in [4.69, 9.17) is 0 Å². The Morgan fingerprint density at radius 2 is 2.15 bits per heavy atom. The van der Waals surface area contributed by atoms with Crippen LogP contribution in [-0.2, 0) is 0 Å². The lowest BCUT2D eigenvalue weighted by atomic mass is 10.3. The van der Waals surface area contributed by atoms with Gasteiger partial charge in [0.05, 0.1) is 0 Å². The van der Waals surface area contributed by atoms with Crippen molar-refractivity contribution >= 4 is 0 Å². The number of hydrogen-bond acceptors (Lipinski definition) is 1. The van der Waals surface area contributed by atoms with Crippen molar-refractivity contribution in [2.75, 3.05) is 6.54 Å². The van der Waals surface area contributed by atoms with E-state index in [1.165, 1.54) is 12.2 Å². The Balaban J connectivity index is 3.76. The molecule has 1 N–H and O–H groups in total. The van der Waals surface area contributed by atoms with Crippen LogP contribution >= 0.6 is 0 Å². The number of nitrogens with one attached hydrogen (secondary N) is 1. The molecule has 0 saturated carbocycles. The van der Waals surface area contributed by atoms with E-state index in [0.717, 1.165) is 18.7 Å². The van der Waals surface area contributed by atoms with Gasteiger partial charge in [-0.3, -0.25) is 0 Å². The summed E-state index contributed by atoms with van der Waals surface area (Å²) in [5.41, 5.74) is 1.09. The van der Waals surface area contributed by atoms with Crippen molar-refractivity contribution < 1.29 is 4.39 Å². The summed E-state index contributed by atoms with van der Waals surface area (Å²) < 4.78 is 12.5. The summed E-state index contributed by atoms with van der Waals surface area (Å²) in [5.74, 6) is -0.264. The van der Waals surface area contributed by atoms with Gasteiger partial charge in [-0.25, -0.2) is 4.39 Å². The lowest BCUT2D eigenvalue weighted by molar-refractivity contribution is 0.663. The Kier molecular flexibility index (Phi) is 6.98. The fourth-order valence-corrected chi connectivity index (χ4v) is 0.826. The molecule has 0 aliphatic carbocycles. The molecular weight excluding hydrogens is 165 g/mol. The molecule has 0 amide bonds. The van der Waals surface area contributed by atoms with E-state index in [9.17, 15) is 4.39 Å². The second-order valence-electron chi connectivity index (χ2n) is 2.84. The minimum absolute atomic E-state index is 0.264. The molecule has 0 aromatic heterocycles. The van der Waals surface area contributed by atoms with Crippen molar-refractivity contribution in [2.45, 2.75) is 26.7 Å². The molecule has 74 valence electrons. The van der Waals surface area contributed by atoms with Crippen LogP contribution in [0.15, 0.2) is 36.3 Å². The molecule has 0 heterocycles. The zero-order valence-corrected chi connectivity index (χ0v) is 8.44. The van der Waals surface area contributed by atoms with Gasteiger partial charge in [-0.1, -0.05) is 19.6 Å². The summed E-state index contributed by atoms with van der Waals surface area (Å²) in [6.07, 6.45) is 6.38. The molecule has 2 heteroatoms. The topological polar surface area (TPSA) is 12.0 Å². The van der Waals surface area contributed by atoms with Crippen LogP contribution in [0.4, 0.5) is 4.39 Å². The van der Waals surface area contributed by atoms with Gasteiger partial charge in [0.1, 0.15) is 5.83 Å².